The lowest BCUT2D eigenvalue weighted by Crippen LogP contribution is -2.62. The van der Waals surface area contributed by atoms with Crippen molar-refractivity contribution in [2.45, 2.75) is 44.5 Å². The number of rotatable bonds is 2. The molecule has 15 heavy (non-hydrogen) atoms. The van der Waals surface area contributed by atoms with Crippen molar-refractivity contribution >= 4 is 5.91 Å². The SMILES string of the molecule is CO[C@H]1O[C@H](C)[C@@H](NC(C)=O)[C@H](O)[C@@H]1O. The Morgan fingerprint density at radius 2 is 2.00 bits per heavy atom. The summed E-state index contributed by atoms with van der Waals surface area (Å²) in [5.41, 5.74) is 0. The van der Waals surface area contributed by atoms with Crippen LogP contribution in [0.2, 0.25) is 0 Å². The number of hydrogen-bond donors (Lipinski definition) is 3. The molecule has 0 saturated carbocycles. The third kappa shape index (κ3) is 2.66. The highest BCUT2D eigenvalue weighted by Gasteiger charge is 2.43. The van der Waals surface area contributed by atoms with Crippen LogP contribution < -0.4 is 5.32 Å². The molecule has 88 valence electrons. The highest BCUT2D eigenvalue weighted by Crippen LogP contribution is 2.21. The fourth-order valence-electron chi connectivity index (χ4n) is 1.66. The minimum Gasteiger partial charge on any atom is -0.388 e. The molecule has 6 nitrogen and oxygen atoms in total. The summed E-state index contributed by atoms with van der Waals surface area (Å²) in [7, 11) is 1.38. The molecule has 1 rings (SSSR count). The van der Waals surface area contributed by atoms with Crippen molar-refractivity contribution in [1.29, 1.82) is 0 Å². The molecule has 0 aromatic carbocycles. The standard InChI is InChI=1S/C9H17NO5/c1-4-6(10-5(2)11)7(12)8(13)9(14-3)15-4/h4,6-9,12-13H,1-3H3,(H,10,11)/t4-,6-,7+,8+,9+/m1/s1. The number of aliphatic hydroxyl groups excluding tert-OH is 2. The number of carbonyl (C=O) groups is 1. The normalized spacial score (nSPS) is 41.3. The summed E-state index contributed by atoms with van der Waals surface area (Å²) >= 11 is 0. The number of carbonyl (C=O) groups excluding carboxylic acids is 1. The van der Waals surface area contributed by atoms with E-state index in [1.165, 1.54) is 14.0 Å². The van der Waals surface area contributed by atoms with E-state index in [1.54, 1.807) is 6.92 Å². The molecule has 1 aliphatic heterocycles. The smallest absolute Gasteiger partial charge is 0.217 e. The van der Waals surface area contributed by atoms with Gasteiger partial charge in [0.15, 0.2) is 6.29 Å². The third-order valence-corrected chi connectivity index (χ3v) is 2.45. The zero-order valence-electron chi connectivity index (χ0n) is 9.01. The second kappa shape index (κ2) is 4.89. The van der Waals surface area contributed by atoms with Gasteiger partial charge in [0.2, 0.25) is 5.91 Å². The summed E-state index contributed by atoms with van der Waals surface area (Å²) in [6.45, 7) is 3.04. The first-order valence-corrected chi connectivity index (χ1v) is 4.79. The second-order valence-electron chi connectivity index (χ2n) is 3.65. The lowest BCUT2D eigenvalue weighted by atomic mass is 9.97. The van der Waals surface area contributed by atoms with Crippen LogP contribution in [-0.4, -0.2) is 53.9 Å². The van der Waals surface area contributed by atoms with Gasteiger partial charge < -0.3 is 25.0 Å². The number of nitrogens with one attached hydrogen (secondary N) is 1. The van der Waals surface area contributed by atoms with Gasteiger partial charge in [-0.25, -0.2) is 0 Å². The van der Waals surface area contributed by atoms with E-state index in [0.717, 1.165) is 0 Å². The molecule has 6 heteroatoms. The lowest BCUT2D eigenvalue weighted by molar-refractivity contribution is -0.263. The van der Waals surface area contributed by atoms with Gasteiger partial charge in [-0.05, 0) is 6.92 Å². The average molecular weight is 219 g/mol. The quantitative estimate of drug-likeness (QED) is 0.532. The van der Waals surface area contributed by atoms with E-state index >= 15 is 0 Å². The third-order valence-electron chi connectivity index (χ3n) is 2.45. The Bertz CT molecular complexity index is 235. The molecule has 0 aliphatic carbocycles. The van der Waals surface area contributed by atoms with Crippen molar-refractivity contribution in [1.82, 2.24) is 5.32 Å². The first-order valence-electron chi connectivity index (χ1n) is 4.79. The molecule has 0 bridgehead atoms. The minimum atomic E-state index is -1.16. The fraction of sp³-hybridized carbons (Fsp3) is 0.889. The molecular formula is C9H17NO5. The van der Waals surface area contributed by atoms with E-state index in [1.807, 2.05) is 0 Å². The first kappa shape index (κ1) is 12.4. The van der Waals surface area contributed by atoms with Crippen LogP contribution >= 0.6 is 0 Å². The van der Waals surface area contributed by atoms with Gasteiger partial charge in [-0.15, -0.1) is 0 Å². The van der Waals surface area contributed by atoms with Gasteiger partial charge in [0.25, 0.3) is 0 Å². The van der Waals surface area contributed by atoms with Gasteiger partial charge in [0.1, 0.15) is 12.2 Å². The predicted octanol–water partition coefficient (Wildman–Crippen LogP) is -1.40. The second-order valence-corrected chi connectivity index (χ2v) is 3.65. The molecule has 0 unspecified atom stereocenters. The Morgan fingerprint density at radius 1 is 1.40 bits per heavy atom. The van der Waals surface area contributed by atoms with E-state index in [-0.39, 0.29) is 5.91 Å². The number of methoxy groups -OCH3 is 1. The summed E-state index contributed by atoms with van der Waals surface area (Å²) in [6, 6.07) is -0.621. The summed E-state index contributed by atoms with van der Waals surface area (Å²) < 4.78 is 10.1. The Labute approximate surface area is 88.2 Å². The molecule has 1 fully saturated rings. The van der Waals surface area contributed by atoms with Gasteiger partial charge >= 0.3 is 0 Å². The largest absolute Gasteiger partial charge is 0.388 e. The topological polar surface area (TPSA) is 88.0 Å². The molecule has 3 N–H and O–H groups in total. The van der Waals surface area contributed by atoms with Crippen LogP contribution in [0.1, 0.15) is 13.8 Å². The van der Waals surface area contributed by atoms with E-state index < -0.39 is 30.6 Å². The Morgan fingerprint density at radius 3 is 2.47 bits per heavy atom. The molecule has 0 aromatic heterocycles. The molecule has 5 atom stereocenters. The molecule has 1 heterocycles. The van der Waals surface area contributed by atoms with Gasteiger partial charge in [0.05, 0.1) is 12.1 Å². The van der Waals surface area contributed by atoms with E-state index in [9.17, 15) is 15.0 Å². The highest BCUT2D eigenvalue weighted by molar-refractivity contribution is 5.73. The van der Waals surface area contributed by atoms with Crippen LogP contribution in [0, 0.1) is 0 Å². The number of ether oxygens (including phenoxy) is 2. The van der Waals surface area contributed by atoms with Gasteiger partial charge in [-0.1, -0.05) is 0 Å². The van der Waals surface area contributed by atoms with Crippen molar-refractivity contribution in [2.24, 2.45) is 0 Å². The van der Waals surface area contributed by atoms with Crippen molar-refractivity contribution in [3.63, 3.8) is 0 Å². The molecule has 0 aromatic rings. The Balaban J connectivity index is 2.70. The molecule has 1 amide bonds. The van der Waals surface area contributed by atoms with Crippen LogP contribution in [-0.2, 0) is 14.3 Å². The molecule has 1 saturated heterocycles. The molecule has 0 radical (unpaired) electrons. The zero-order chi connectivity index (χ0) is 11.6. The minimum absolute atomic E-state index is 0.280. The molecule has 0 spiro atoms. The highest BCUT2D eigenvalue weighted by atomic mass is 16.7. The van der Waals surface area contributed by atoms with Crippen LogP contribution in [0.25, 0.3) is 0 Å². The van der Waals surface area contributed by atoms with Crippen molar-refractivity contribution < 1.29 is 24.5 Å². The number of hydrogen-bond acceptors (Lipinski definition) is 5. The zero-order valence-corrected chi connectivity index (χ0v) is 9.01. The Hall–Kier alpha value is -0.690. The Kier molecular flexibility index (Phi) is 4.04. The predicted molar refractivity (Wildman–Crippen MR) is 51.0 cm³/mol. The average Bonchev–Trinajstić information content (AvgIpc) is 2.18. The maximum atomic E-state index is 10.9. The van der Waals surface area contributed by atoms with Gasteiger partial charge in [0, 0.05) is 14.0 Å². The summed E-state index contributed by atoms with van der Waals surface area (Å²) in [4.78, 5) is 10.9. The summed E-state index contributed by atoms with van der Waals surface area (Å²) in [6.07, 6.45) is -3.54. The van der Waals surface area contributed by atoms with E-state index in [2.05, 4.69) is 5.32 Å². The summed E-state index contributed by atoms with van der Waals surface area (Å²) in [5, 5.41) is 21.8. The van der Waals surface area contributed by atoms with Crippen molar-refractivity contribution in [2.75, 3.05) is 7.11 Å². The first-order chi connectivity index (χ1) is 6.97. The van der Waals surface area contributed by atoms with Gasteiger partial charge in [-0.2, -0.15) is 0 Å². The van der Waals surface area contributed by atoms with Crippen LogP contribution in [0.15, 0.2) is 0 Å². The molecule has 1 aliphatic rings. The maximum Gasteiger partial charge on any atom is 0.217 e. The monoisotopic (exact) mass is 219 g/mol. The fourth-order valence-corrected chi connectivity index (χ4v) is 1.66. The number of aliphatic hydroxyl groups is 2. The van der Waals surface area contributed by atoms with Crippen LogP contribution in [0.4, 0.5) is 0 Å². The van der Waals surface area contributed by atoms with Crippen LogP contribution in [0.3, 0.4) is 0 Å². The van der Waals surface area contributed by atoms with E-state index in [4.69, 9.17) is 9.47 Å². The van der Waals surface area contributed by atoms with Gasteiger partial charge in [-0.3, -0.25) is 4.79 Å². The summed E-state index contributed by atoms with van der Waals surface area (Å²) in [5.74, 6) is -0.280. The van der Waals surface area contributed by atoms with E-state index in [0.29, 0.717) is 0 Å². The lowest BCUT2D eigenvalue weighted by Gasteiger charge is -2.40. The van der Waals surface area contributed by atoms with Crippen LogP contribution in [0.5, 0.6) is 0 Å². The molecular weight excluding hydrogens is 202 g/mol. The van der Waals surface area contributed by atoms with Crippen molar-refractivity contribution in [3.8, 4) is 0 Å². The van der Waals surface area contributed by atoms with Crippen molar-refractivity contribution in [3.05, 3.63) is 0 Å². The maximum absolute atomic E-state index is 10.9. The number of amides is 1.